The van der Waals surface area contributed by atoms with Crippen LogP contribution < -0.4 is 10.9 Å². The van der Waals surface area contributed by atoms with Crippen molar-refractivity contribution in [1.82, 2.24) is 9.55 Å². The number of aromatic carboxylic acids is 1. The number of thiophene rings is 1. The molecule has 0 unspecified atom stereocenters. The lowest BCUT2D eigenvalue weighted by Gasteiger charge is -2.08. The number of halogens is 1. The van der Waals surface area contributed by atoms with Gasteiger partial charge in [-0.1, -0.05) is 29.3 Å². The quantitative estimate of drug-likeness (QED) is 0.567. The summed E-state index contributed by atoms with van der Waals surface area (Å²) in [6.07, 6.45) is 3.33. The Balaban J connectivity index is 1.99. The molecule has 0 bridgehead atoms. The highest BCUT2D eigenvalue weighted by atomic mass is 79.9. The van der Waals surface area contributed by atoms with Crippen LogP contribution in [0.25, 0.3) is 10.2 Å². The molecule has 1 aromatic carbocycles. The van der Waals surface area contributed by atoms with Gasteiger partial charge in [0.1, 0.15) is 4.83 Å². The van der Waals surface area contributed by atoms with Crippen LogP contribution in [0.5, 0.6) is 0 Å². The summed E-state index contributed by atoms with van der Waals surface area (Å²) in [6.45, 7) is 4.33. The molecule has 1 amide bonds. The first-order valence-electron chi connectivity index (χ1n) is 8.66. The zero-order chi connectivity index (χ0) is 20.4. The monoisotopic (exact) mass is 463 g/mol. The minimum absolute atomic E-state index is 0.0264. The molecule has 0 spiro atoms. The van der Waals surface area contributed by atoms with Crippen molar-refractivity contribution in [3.05, 3.63) is 55.4 Å². The van der Waals surface area contributed by atoms with Crippen molar-refractivity contribution in [2.75, 3.05) is 5.32 Å². The van der Waals surface area contributed by atoms with E-state index in [1.165, 1.54) is 18.5 Å². The van der Waals surface area contributed by atoms with E-state index in [4.69, 9.17) is 0 Å². The van der Waals surface area contributed by atoms with Crippen molar-refractivity contribution in [1.29, 1.82) is 0 Å². The highest BCUT2D eigenvalue weighted by Gasteiger charge is 2.21. The van der Waals surface area contributed by atoms with E-state index >= 15 is 0 Å². The SMILES string of the molecule is CCCCn1cnc2sc(C(=O)Nc3ccc(Br)cc3C(=O)O)c(C)c2c1=O. The van der Waals surface area contributed by atoms with Crippen LogP contribution in [-0.2, 0) is 6.54 Å². The zero-order valence-corrected chi connectivity index (χ0v) is 17.7. The predicted octanol–water partition coefficient (Wildman–Crippen LogP) is 4.28. The fourth-order valence-electron chi connectivity index (χ4n) is 2.85. The molecule has 0 saturated carbocycles. The molecule has 9 heteroatoms. The van der Waals surface area contributed by atoms with Gasteiger partial charge in [-0.2, -0.15) is 0 Å². The van der Waals surface area contributed by atoms with Gasteiger partial charge in [-0.25, -0.2) is 9.78 Å². The molecular formula is C19H18BrN3O4S. The minimum atomic E-state index is -1.15. The van der Waals surface area contributed by atoms with E-state index in [0.29, 0.717) is 31.7 Å². The number of hydrogen-bond donors (Lipinski definition) is 2. The van der Waals surface area contributed by atoms with E-state index in [0.717, 1.165) is 24.2 Å². The van der Waals surface area contributed by atoms with Crippen molar-refractivity contribution < 1.29 is 14.7 Å². The van der Waals surface area contributed by atoms with Crippen LogP contribution in [-0.4, -0.2) is 26.5 Å². The second-order valence-electron chi connectivity index (χ2n) is 6.28. The van der Waals surface area contributed by atoms with Crippen LogP contribution in [0.15, 0.2) is 33.8 Å². The lowest BCUT2D eigenvalue weighted by Crippen LogP contribution is -2.20. The number of unbranched alkanes of at least 4 members (excludes halogenated alkanes) is 1. The fraction of sp³-hybridized carbons (Fsp3) is 0.263. The molecule has 0 saturated heterocycles. The molecule has 0 aliphatic heterocycles. The number of aromatic nitrogens is 2. The lowest BCUT2D eigenvalue weighted by molar-refractivity contribution is 0.0698. The summed E-state index contributed by atoms with van der Waals surface area (Å²) >= 11 is 4.35. The number of nitrogens with one attached hydrogen (secondary N) is 1. The van der Waals surface area contributed by atoms with Crippen molar-refractivity contribution >= 4 is 55.0 Å². The number of amides is 1. The molecule has 3 rings (SSSR count). The van der Waals surface area contributed by atoms with Gasteiger partial charge >= 0.3 is 5.97 Å². The van der Waals surface area contributed by atoms with Crippen molar-refractivity contribution in [3.8, 4) is 0 Å². The third-order valence-electron chi connectivity index (χ3n) is 4.34. The van der Waals surface area contributed by atoms with E-state index in [2.05, 4.69) is 26.2 Å². The number of aryl methyl sites for hydroxylation is 2. The highest BCUT2D eigenvalue weighted by Crippen LogP contribution is 2.29. The van der Waals surface area contributed by atoms with Gasteiger partial charge in [0.15, 0.2) is 0 Å². The molecule has 146 valence electrons. The molecule has 0 fully saturated rings. The number of hydrogen-bond acceptors (Lipinski definition) is 5. The number of nitrogens with zero attached hydrogens (tertiary/aromatic N) is 2. The van der Waals surface area contributed by atoms with Gasteiger partial charge in [0, 0.05) is 11.0 Å². The number of carbonyl (C=O) groups excluding carboxylic acids is 1. The molecule has 0 aliphatic carbocycles. The summed E-state index contributed by atoms with van der Waals surface area (Å²) < 4.78 is 2.16. The molecule has 2 heterocycles. The number of anilines is 1. The molecule has 28 heavy (non-hydrogen) atoms. The normalized spacial score (nSPS) is 11.0. The third kappa shape index (κ3) is 3.85. The highest BCUT2D eigenvalue weighted by molar-refractivity contribution is 9.10. The van der Waals surface area contributed by atoms with Gasteiger partial charge in [-0.15, -0.1) is 11.3 Å². The number of benzene rings is 1. The second kappa shape index (κ2) is 8.24. The molecule has 0 aliphatic rings. The number of carboxylic acid groups (broad SMARTS) is 1. The van der Waals surface area contributed by atoms with E-state index in [1.54, 1.807) is 17.6 Å². The number of rotatable bonds is 6. The standard InChI is InChI=1S/C19H18BrN3O4S/c1-3-4-7-23-9-21-17-14(18(23)25)10(2)15(28-17)16(24)22-13-6-5-11(20)8-12(13)19(26)27/h5-6,8-9H,3-4,7H2,1-2H3,(H,22,24)(H,26,27). The van der Waals surface area contributed by atoms with Crippen LogP contribution >= 0.6 is 27.3 Å². The molecule has 2 N–H and O–H groups in total. The van der Waals surface area contributed by atoms with Crippen molar-refractivity contribution in [2.24, 2.45) is 0 Å². The molecule has 0 radical (unpaired) electrons. The van der Waals surface area contributed by atoms with Crippen LogP contribution in [0.3, 0.4) is 0 Å². The number of carboxylic acids is 1. The van der Waals surface area contributed by atoms with Gasteiger partial charge in [0.25, 0.3) is 11.5 Å². The summed E-state index contributed by atoms with van der Waals surface area (Å²) in [5, 5.41) is 12.4. The lowest BCUT2D eigenvalue weighted by atomic mass is 10.1. The topological polar surface area (TPSA) is 101 Å². The zero-order valence-electron chi connectivity index (χ0n) is 15.3. The molecule has 7 nitrogen and oxygen atoms in total. The van der Waals surface area contributed by atoms with Gasteiger partial charge in [0.2, 0.25) is 0 Å². The first-order chi connectivity index (χ1) is 13.3. The summed E-state index contributed by atoms with van der Waals surface area (Å²) in [5.41, 5.74) is 0.545. The average molecular weight is 464 g/mol. The largest absolute Gasteiger partial charge is 0.478 e. The second-order valence-corrected chi connectivity index (χ2v) is 8.20. The van der Waals surface area contributed by atoms with Gasteiger partial charge in [0.05, 0.1) is 27.8 Å². The summed E-state index contributed by atoms with van der Waals surface area (Å²) in [7, 11) is 0. The molecule has 2 aromatic heterocycles. The summed E-state index contributed by atoms with van der Waals surface area (Å²) in [6, 6.07) is 4.58. The Labute approximate surface area is 173 Å². The average Bonchev–Trinajstić information content (AvgIpc) is 3.00. The van der Waals surface area contributed by atoms with Crippen LogP contribution in [0, 0.1) is 6.92 Å². The molecular weight excluding hydrogens is 446 g/mol. The molecule has 0 atom stereocenters. The van der Waals surface area contributed by atoms with E-state index in [9.17, 15) is 19.5 Å². The first-order valence-corrected chi connectivity index (χ1v) is 10.3. The van der Waals surface area contributed by atoms with Gasteiger partial charge < -0.3 is 10.4 Å². The van der Waals surface area contributed by atoms with Crippen LogP contribution in [0.1, 0.15) is 45.4 Å². The van der Waals surface area contributed by atoms with E-state index in [-0.39, 0.29) is 16.8 Å². The number of fused-ring (bicyclic) bond motifs is 1. The van der Waals surface area contributed by atoms with Crippen LogP contribution in [0.4, 0.5) is 5.69 Å². The van der Waals surface area contributed by atoms with Crippen molar-refractivity contribution in [2.45, 2.75) is 33.2 Å². The Kier molecular flexibility index (Phi) is 5.95. The minimum Gasteiger partial charge on any atom is -0.478 e. The van der Waals surface area contributed by atoms with Gasteiger partial charge in [-0.05, 0) is 37.1 Å². The Morgan fingerprint density at radius 1 is 1.36 bits per heavy atom. The maximum Gasteiger partial charge on any atom is 0.337 e. The maximum absolute atomic E-state index is 12.8. The summed E-state index contributed by atoms with van der Waals surface area (Å²) in [5.74, 6) is -1.62. The number of carbonyl (C=O) groups is 2. The maximum atomic E-state index is 12.8. The summed E-state index contributed by atoms with van der Waals surface area (Å²) in [4.78, 5) is 42.1. The Morgan fingerprint density at radius 3 is 2.79 bits per heavy atom. The third-order valence-corrected chi connectivity index (χ3v) is 6.03. The Hall–Kier alpha value is -2.52. The van der Waals surface area contributed by atoms with Crippen LogP contribution in [0.2, 0.25) is 0 Å². The fourth-order valence-corrected chi connectivity index (χ4v) is 4.24. The Morgan fingerprint density at radius 2 is 2.11 bits per heavy atom. The van der Waals surface area contributed by atoms with E-state index in [1.807, 2.05) is 6.92 Å². The van der Waals surface area contributed by atoms with Crippen molar-refractivity contribution in [3.63, 3.8) is 0 Å². The smallest absolute Gasteiger partial charge is 0.337 e. The van der Waals surface area contributed by atoms with Gasteiger partial charge in [-0.3, -0.25) is 14.2 Å². The predicted molar refractivity (Wildman–Crippen MR) is 113 cm³/mol. The Bertz CT molecular complexity index is 1140. The molecule has 3 aromatic rings. The first kappa shape index (κ1) is 20.2. The van der Waals surface area contributed by atoms with E-state index < -0.39 is 11.9 Å².